The van der Waals surface area contributed by atoms with Crippen LogP contribution in [-0.2, 0) is 16.8 Å². The van der Waals surface area contributed by atoms with Gasteiger partial charge in [0, 0.05) is 39.4 Å². The molecule has 3 aromatic rings. The summed E-state index contributed by atoms with van der Waals surface area (Å²) >= 11 is 0. The van der Waals surface area contributed by atoms with E-state index in [1.165, 1.54) is 22.8 Å². The molecule has 1 saturated carbocycles. The summed E-state index contributed by atoms with van der Waals surface area (Å²) in [4.78, 5) is 14.0. The van der Waals surface area contributed by atoms with Gasteiger partial charge < -0.3 is 9.88 Å². The Labute approximate surface area is 174 Å². The predicted octanol–water partition coefficient (Wildman–Crippen LogP) is 2.13. The van der Waals surface area contributed by atoms with E-state index in [0.717, 1.165) is 35.3 Å². The Kier molecular flexibility index (Phi) is 4.53. The van der Waals surface area contributed by atoms with Crippen LogP contribution in [0.2, 0.25) is 0 Å². The molecule has 1 spiro atoms. The average Bonchev–Trinajstić information content (AvgIpc) is 3.30. The van der Waals surface area contributed by atoms with Gasteiger partial charge in [0.2, 0.25) is 0 Å². The van der Waals surface area contributed by atoms with Gasteiger partial charge >= 0.3 is 0 Å². The van der Waals surface area contributed by atoms with Crippen LogP contribution in [-0.4, -0.2) is 64.2 Å². The number of aromatic nitrogens is 3. The summed E-state index contributed by atoms with van der Waals surface area (Å²) in [6.07, 6.45) is 5.02. The Balaban J connectivity index is 1.36. The lowest BCUT2D eigenvalue weighted by Crippen LogP contribution is -2.59. The maximum absolute atomic E-state index is 13.4. The number of hydrogen-bond donors (Lipinski definition) is 1. The number of aromatic amines is 1. The average molecular weight is 431 g/mol. The molecule has 1 aliphatic carbocycles. The van der Waals surface area contributed by atoms with Crippen molar-refractivity contribution < 1.29 is 12.8 Å². The van der Waals surface area contributed by atoms with Crippen LogP contribution in [0.25, 0.3) is 11.0 Å². The Morgan fingerprint density at radius 3 is 2.67 bits per heavy atom. The van der Waals surface area contributed by atoms with E-state index < -0.39 is 15.7 Å². The van der Waals surface area contributed by atoms with E-state index in [9.17, 15) is 12.8 Å². The zero-order valence-electron chi connectivity index (χ0n) is 16.6. The van der Waals surface area contributed by atoms with E-state index in [2.05, 4.69) is 19.9 Å². The highest BCUT2D eigenvalue weighted by Crippen LogP contribution is 2.47. The number of piperazine rings is 1. The zero-order chi connectivity index (χ0) is 20.9. The summed E-state index contributed by atoms with van der Waals surface area (Å²) in [5.74, 6) is 0.503. The Morgan fingerprint density at radius 2 is 1.93 bits per heavy atom. The second-order valence-electron chi connectivity index (χ2n) is 8.05. The molecule has 2 aromatic heterocycles. The predicted molar refractivity (Wildman–Crippen MR) is 112 cm³/mol. The third-order valence-corrected chi connectivity index (χ3v) is 8.08. The van der Waals surface area contributed by atoms with Gasteiger partial charge in [0.1, 0.15) is 23.6 Å². The highest BCUT2D eigenvalue weighted by Gasteiger charge is 2.56. The molecule has 1 aromatic carbocycles. The molecule has 10 heteroatoms. The normalized spacial score (nSPS) is 19.1. The molecule has 3 heterocycles. The molecule has 30 heavy (non-hydrogen) atoms. The van der Waals surface area contributed by atoms with Crippen molar-refractivity contribution in [3.8, 4) is 0 Å². The molecule has 5 rings (SSSR count). The van der Waals surface area contributed by atoms with Crippen molar-refractivity contribution in [2.45, 2.75) is 24.9 Å². The van der Waals surface area contributed by atoms with Crippen LogP contribution in [0.1, 0.15) is 18.4 Å². The van der Waals surface area contributed by atoms with Crippen LogP contribution < -0.4 is 4.90 Å². The van der Waals surface area contributed by atoms with Crippen LogP contribution in [0.5, 0.6) is 0 Å². The van der Waals surface area contributed by atoms with E-state index in [1.54, 1.807) is 23.5 Å². The van der Waals surface area contributed by atoms with Gasteiger partial charge in [0.15, 0.2) is 0 Å². The monoisotopic (exact) mass is 430 g/mol. The van der Waals surface area contributed by atoms with Crippen LogP contribution in [0.4, 0.5) is 10.2 Å². The van der Waals surface area contributed by atoms with Crippen molar-refractivity contribution in [1.29, 1.82) is 0 Å². The molecule has 8 nitrogen and oxygen atoms in total. The van der Waals surface area contributed by atoms with Crippen LogP contribution in [0, 0.1) is 5.82 Å². The van der Waals surface area contributed by atoms with Gasteiger partial charge in [-0.3, -0.25) is 0 Å². The summed E-state index contributed by atoms with van der Waals surface area (Å²) < 4.78 is 42.9. The number of rotatable bonds is 5. The fraction of sp³-hybridized carbons (Fsp3) is 0.400. The molecule has 1 saturated heterocycles. The Bertz CT molecular complexity index is 1180. The van der Waals surface area contributed by atoms with E-state index in [1.807, 2.05) is 12.3 Å². The maximum Gasteiger partial charge on any atom is 0.282 e. The van der Waals surface area contributed by atoms with Gasteiger partial charge in [-0.1, -0.05) is 12.1 Å². The SMILES string of the molecule is CN(Cc1ccc(F)cc1)S(=O)(=O)N1CCN(c2ncnc3[nH]ccc23)CC12CC2. The van der Waals surface area contributed by atoms with E-state index >= 15 is 0 Å². The number of halogens is 1. The van der Waals surface area contributed by atoms with Gasteiger partial charge in [-0.05, 0) is 36.6 Å². The number of anilines is 1. The fourth-order valence-electron chi connectivity index (χ4n) is 4.26. The minimum absolute atomic E-state index is 0.203. The van der Waals surface area contributed by atoms with Gasteiger partial charge in [0.25, 0.3) is 10.2 Å². The summed E-state index contributed by atoms with van der Waals surface area (Å²) in [7, 11) is -2.07. The lowest BCUT2D eigenvalue weighted by atomic mass is 10.2. The molecule has 1 aliphatic heterocycles. The largest absolute Gasteiger partial charge is 0.353 e. The lowest BCUT2D eigenvalue weighted by Gasteiger charge is -2.43. The highest BCUT2D eigenvalue weighted by atomic mass is 32.2. The first-order valence-corrected chi connectivity index (χ1v) is 11.3. The highest BCUT2D eigenvalue weighted by molar-refractivity contribution is 7.86. The van der Waals surface area contributed by atoms with Crippen molar-refractivity contribution in [2.75, 3.05) is 31.6 Å². The van der Waals surface area contributed by atoms with Crippen molar-refractivity contribution >= 4 is 27.1 Å². The first-order valence-electron chi connectivity index (χ1n) is 9.91. The van der Waals surface area contributed by atoms with E-state index in [-0.39, 0.29) is 12.4 Å². The molecule has 0 atom stereocenters. The minimum atomic E-state index is -3.65. The molecule has 0 amide bonds. The topological polar surface area (TPSA) is 85.4 Å². The third kappa shape index (κ3) is 3.24. The third-order valence-electron chi connectivity index (χ3n) is 6.04. The second-order valence-corrected chi connectivity index (χ2v) is 10.0. The van der Waals surface area contributed by atoms with E-state index in [4.69, 9.17) is 0 Å². The smallest absolute Gasteiger partial charge is 0.282 e. The summed E-state index contributed by atoms with van der Waals surface area (Å²) in [6.45, 7) is 1.76. The van der Waals surface area contributed by atoms with Crippen LogP contribution >= 0.6 is 0 Å². The lowest BCUT2D eigenvalue weighted by molar-refractivity contribution is 0.250. The van der Waals surface area contributed by atoms with Crippen molar-refractivity contribution in [1.82, 2.24) is 23.6 Å². The standard InChI is InChI=1S/C20H23FN6O2S/c1-25(12-15-2-4-16(21)5-3-15)30(28,29)27-11-10-26(13-20(27)7-8-20)19-17-6-9-22-18(17)23-14-24-19/h2-6,9,14H,7-8,10-13H2,1H3,(H,22,23,24). The van der Waals surface area contributed by atoms with Gasteiger partial charge in [0.05, 0.1) is 10.9 Å². The summed E-state index contributed by atoms with van der Waals surface area (Å²) in [5.41, 5.74) is 1.13. The first-order chi connectivity index (χ1) is 14.4. The van der Waals surface area contributed by atoms with Crippen molar-refractivity contribution in [2.24, 2.45) is 0 Å². The number of fused-ring (bicyclic) bond motifs is 1. The molecule has 0 unspecified atom stereocenters. The Morgan fingerprint density at radius 1 is 1.17 bits per heavy atom. The number of hydrogen-bond acceptors (Lipinski definition) is 5. The zero-order valence-corrected chi connectivity index (χ0v) is 17.4. The van der Waals surface area contributed by atoms with Crippen molar-refractivity contribution in [3.05, 3.63) is 54.2 Å². The minimum Gasteiger partial charge on any atom is -0.353 e. The number of nitrogens with zero attached hydrogens (tertiary/aromatic N) is 5. The van der Waals surface area contributed by atoms with Crippen LogP contribution in [0.15, 0.2) is 42.9 Å². The molecular weight excluding hydrogens is 407 g/mol. The molecule has 0 bridgehead atoms. The van der Waals surface area contributed by atoms with Gasteiger partial charge in [-0.25, -0.2) is 14.4 Å². The van der Waals surface area contributed by atoms with Gasteiger partial charge in [-0.2, -0.15) is 17.0 Å². The number of H-pyrrole nitrogens is 1. The first kappa shape index (κ1) is 19.4. The quantitative estimate of drug-likeness (QED) is 0.670. The van der Waals surface area contributed by atoms with Crippen molar-refractivity contribution in [3.63, 3.8) is 0 Å². The summed E-state index contributed by atoms with van der Waals surface area (Å²) in [6, 6.07) is 7.87. The number of benzene rings is 1. The van der Waals surface area contributed by atoms with Gasteiger partial charge in [-0.15, -0.1) is 0 Å². The van der Waals surface area contributed by atoms with E-state index in [0.29, 0.717) is 19.6 Å². The molecular formula is C20H23FN6O2S. The maximum atomic E-state index is 13.4. The Hall–Kier alpha value is -2.56. The van der Waals surface area contributed by atoms with Crippen LogP contribution in [0.3, 0.4) is 0 Å². The molecule has 0 radical (unpaired) electrons. The molecule has 1 N–H and O–H groups in total. The molecule has 158 valence electrons. The molecule has 2 aliphatic rings. The summed E-state index contributed by atoms with van der Waals surface area (Å²) in [5, 5.41) is 0.943. The molecule has 2 fully saturated rings. The number of nitrogens with one attached hydrogen (secondary N) is 1. The second kappa shape index (κ2) is 7.00. The fourth-order valence-corrected chi connectivity index (χ4v) is 5.95.